The second kappa shape index (κ2) is 5.02. The molecule has 1 nitrogen and oxygen atoms in total. The van der Waals surface area contributed by atoms with Gasteiger partial charge in [0.2, 0.25) is 0 Å². The number of hydrogen-bond donors (Lipinski definition) is 0. The zero-order chi connectivity index (χ0) is 16.7. The first-order valence-corrected chi connectivity index (χ1v) is 10.2. The molecule has 4 bridgehead atoms. The number of rotatable bonds is 3. The first-order valence-electron chi connectivity index (χ1n) is 10.2. The highest BCUT2D eigenvalue weighted by atomic mass is 16.4. The van der Waals surface area contributed by atoms with E-state index in [0.29, 0.717) is 17.7 Å². The quantitative estimate of drug-likeness (QED) is 0.601. The van der Waals surface area contributed by atoms with E-state index in [0.717, 1.165) is 47.1 Å². The zero-order valence-corrected chi connectivity index (χ0v) is 16.4. The molecule has 0 aromatic carbocycles. The Morgan fingerprint density at radius 3 is 1.39 bits per heavy atom. The summed E-state index contributed by atoms with van der Waals surface area (Å²) in [6.45, 7) is 15.7. The van der Waals surface area contributed by atoms with Crippen molar-refractivity contribution >= 4 is 6.92 Å². The molecule has 0 N–H and O–H groups in total. The fourth-order valence-corrected chi connectivity index (χ4v) is 7.91. The maximum atomic E-state index is 6.24. The van der Waals surface area contributed by atoms with Gasteiger partial charge in [-0.15, -0.1) is 0 Å². The Balaban J connectivity index is 1.52. The van der Waals surface area contributed by atoms with Crippen molar-refractivity contribution in [3.05, 3.63) is 0 Å². The van der Waals surface area contributed by atoms with Crippen molar-refractivity contribution in [2.24, 2.45) is 46.3 Å². The van der Waals surface area contributed by atoms with Gasteiger partial charge in [-0.1, -0.05) is 54.4 Å². The van der Waals surface area contributed by atoms with Gasteiger partial charge in [-0.05, 0) is 70.8 Å². The summed E-state index contributed by atoms with van der Waals surface area (Å²) in [5, 5.41) is 0. The highest BCUT2D eigenvalue weighted by Gasteiger charge is 2.62. The molecule has 4 unspecified atom stereocenters. The van der Waals surface area contributed by atoms with Crippen LogP contribution in [0.15, 0.2) is 0 Å². The monoisotopic (exact) mass is 316 g/mol. The Morgan fingerprint density at radius 2 is 1.13 bits per heavy atom. The fraction of sp³-hybridized carbons (Fsp3) is 1.00. The average Bonchev–Trinajstić information content (AvgIpc) is 2.49. The van der Waals surface area contributed by atoms with Crippen LogP contribution < -0.4 is 0 Å². The Kier molecular flexibility index (Phi) is 3.60. The summed E-state index contributed by atoms with van der Waals surface area (Å²) in [5.74, 6) is 7.10. The molecule has 6 fully saturated rings. The SMILES string of the molecule is COB([C@@H]1CC2CC([C@H]1C)C2(C)C)[C@@H]1CC2CC([C@H]1C)C2(C)C. The van der Waals surface area contributed by atoms with Gasteiger partial charge in [-0.3, -0.25) is 0 Å². The maximum Gasteiger partial charge on any atom is 0.299 e. The molecule has 0 radical (unpaired) electrons. The lowest BCUT2D eigenvalue weighted by Crippen LogP contribution is -2.60. The van der Waals surface area contributed by atoms with E-state index in [1.807, 2.05) is 7.11 Å². The van der Waals surface area contributed by atoms with Crippen molar-refractivity contribution in [3.8, 4) is 0 Å². The van der Waals surface area contributed by atoms with E-state index in [1.54, 1.807) is 0 Å². The normalized spacial score (nSPS) is 52.3. The van der Waals surface area contributed by atoms with Crippen LogP contribution in [0, 0.1) is 46.3 Å². The molecular formula is C21H37BO. The van der Waals surface area contributed by atoms with Crippen molar-refractivity contribution in [1.29, 1.82) is 0 Å². The van der Waals surface area contributed by atoms with Crippen molar-refractivity contribution in [2.45, 2.75) is 78.9 Å². The van der Waals surface area contributed by atoms with Crippen molar-refractivity contribution in [3.63, 3.8) is 0 Å². The molecule has 0 aromatic rings. The minimum atomic E-state index is 0.516. The van der Waals surface area contributed by atoms with Gasteiger partial charge in [0, 0.05) is 7.11 Å². The lowest BCUT2D eigenvalue weighted by Gasteiger charge is -2.65. The maximum absolute atomic E-state index is 6.24. The van der Waals surface area contributed by atoms with Crippen LogP contribution in [-0.4, -0.2) is 14.0 Å². The van der Waals surface area contributed by atoms with Gasteiger partial charge < -0.3 is 4.65 Å². The number of fused-ring (bicyclic) bond motifs is 4. The Hall–Kier alpha value is 0.0249. The smallest absolute Gasteiger partial charge is 0.299 e. The Morgan fingerprint density at radius 1 is 0.739 bits per heavy atom. The van der Waals surface area contributed by atoms with Gasteiger partial charge in [-0.2, -0.15) is 0 Å². The minimum absolute atomic E-state index is 0.516. The molecular weight excluding hydrogens is 279 g/mol. The molecule has 0 aliphatic heterocycles. The summed E-state index contributed by atoms with van der Waals surface area (Å²) in [6, 6.07) is 0. The first-order chi connectivity index (χ1) is 10.7. The van der Waals surface area contributed by atoms with Crippen LogP contribution in [0.4, 0.5) is 0 Å². The van der Waals surface area contributed by atoms with Crippen LogP contribution in [0.1, 0.15) is 67.2 Å². The predicted octanol–water partition coefficient (Wildman–Crippen LogP) is 5.77. The predicted molar refractivity (Wildman–Crippen MR) is 98.6 cm³/mol. The van der Waals surface area contributed by atoms with E-state index >= 15 is 0 Å². The summed E-state index contributed by atoms with van der Waals surface area (Å²) in [6.07, 6.45) is 5.81. The first kappa shape index (κ1) is 16.5. The van der Waals surface area contributed by atoms with Crippen LogP contribution >= 0.6 is 0 Å². The molecule has 23 heavy (non-hydrogen) atoms. The second-order valence-electron chi connectivity index (χ2n) is 10.9. The fourth-order valence-electron chi connectivity index (χ4n) is 7.91. The Labute approximate surface area is 144 Å². The molecule has 6 aliphatic rings. The third kappa shape index (κ3) is 2.03. The van der Waals surface area contributed by atoms with E-state index in [2.05, 4.69) is 41.5 Å². The topological polar surface area (TPSA) is 9.23 Å². The lowest BCUT2D eigenvalue weighted by molar-refractivity contribution is -0.110. The third-order valence-electron chi connectivity index (χ3n) is 9.94. The van der Waals surface area contributed by atoms with Gasteiger partial charge in [0.15, 0.2) is 0 Å². The van der Waals surface area contributed by atoms with Gasteiger partial charge in [-0.25, -0.2) is 0 Å². The zero-order valence-electron chi connectivity index (χ0n) is 16.4. The lowest BCUT2D eigenvalue weighted by atomic mass is 9.27. The summed E-state index contributed by atoms with van der Waals surface area (Å²) >= 11 is 0. The van der Waals surface area contributed by atoms with E-state index in [1.165, 1.54) is 25.7 Å². The van der Waals surface area contributed by atoms with Crippen LogP contribution in [0.2, 0.25) is 11.6 Å². The van der Waals surface area contributed by atoms with Crippen LogP contribution in [0.5, 0.6) is 0 Å². The average molecular weight is 316 g/mol. The molecule has 130 valence electrons. The van der Waals surface area contributed by atoms with Crippen LogP contribution in [0.3, 0.4) is 0 Å². The van der Waals surface area contributed by atoms with Gasteiger partial charge in [0.05, 0.1) is 0 Å². The Bertz CT molecular complexity index is 442. The van der Waals surface area contributed by atoms with Crippen molar-refractivity contribution < 1.29 is 4.65 Å². The number of hydrogen-bond acceptors (Lipinski definition) is 1. The highest BCUT2D eigenvalue weighted by molar-refractivity contribution is 6.55. The molecule has 6 saturated carbocycles. The van der Waals surface area contributed by atoms with Gasteiger partial charge in [0.25, 0.3) is 6.92 Å². The van der Waals surface area contributed by atoms with E-state index in [4.69, 9.17) is 4.65 Å². The van der Waals surface area contributed by atoms with E-state index < -0.39 is 0 Å². The van der Waals surface area contributed by atoms with Gasteiger partial charge in [0.1, 0.15) is 0 Å². The largest absolute Gasteiger partial charge is 0.438 e. The molecule has 0 heterocycles. The molecule has 6 aliphatic carbocycles. The van der Waals surface area contributed by atoms with Crippen molar-refractivity contribution in [1.82, 2.24) is 0 Å². The minimum Gasteiger partial charge on any atom is -0.438 e. The third-order valence-corrected chi connectivity index (χ3v) is 9.94. The van der Waals surface area contributed by atoms with Crippen LogP contribution in [0.25, 0.3) is 0 Å². The molecule has 0 amide bonds. The summed E-state index contributed by atoms with van der Waals surface area (Å²) in [5.41, 5.74) is 1.19. The summed E-state index contributed by atoms with van der Waals surface area (Å²) in [4.78, 5) is 0. The van der Waals surface area contributed by atoms with Crippen molar-refractivity contribution in [2.75, 3.05) is 7.11 Å². The highest BCUT2D eigenvalue weighted by Crippen LogP contribution is 2.69. The molecule has 6 rings (SSSR count). The molecule has 0 spiro atoms. The molecule has 2 heteroatoms. The van der Waals surface area contributed by atoms with Crippen LogP contribution in [-0.2, 0) is 4.65 Å². The molecule has 0 aromatic heterocycles. The second-order valence-corrected chi connectivity index (χ2v) is 10.9. The van der Waals surface area contributed by atoms with E-state index in [9.17, 15) is 0 Å². The summed E-state index contributed by atoms with van der Waals surface area (Å²) < 4.78 is 6.24. The summed E-state index contributed by atoms with van der Waals surface area (Å²) in [7, 11) is 2.00. The van der Waals surface area contributed by atoms with Gasteiger partial charge >= 0.3 is 0 Å². The molecule has 0 saturated heterocycles. The van der Waals surface area contributed by atoms with E-state index in [-0.39, 0.29) is 0 Å². The standard InChI is InChI=1S/C21H37BO/c1-12-16-8-14(20(16,3)4)10-18(12)22(23-7)19-11-15-9-17(13(19)2)21(15,5)6/h12-19H,8-11H2,1-7H3/t12-,13-,14?,15?,16?,17?,18-,19-/m1/s1. The molecule has 8 atom stereocenters.